The number of methoxy groups -OCH3 is 1. The average Bonchev–Trinajstić information content (AvgIpc) is 3.38. The number of carbonyl (C=O) groups excluding carboxylic acids is 1. The first-order valence-corrected chi connectivity index (χ1v) is 13.1. The molecule has 1 heterocycles. The zero-order valence-electron chi connectivity index (χ0n) is 21.4. The molecular formula is C30H39N3O3. The Morgan fingerprint density at radius 1 is 1.03 bits per heavy atom. The van der Waals surface area contributed by atoms with E-state index in [4.69, 9.17) is 9.94 Å². The van der Waals surface area contributed by atoms with Crippen molar-refractivity contribution >= 4 is 16.7 Å². The van der Waals surface area contributed by atoms with Crippen molar-refractivity contribution in [2.24, 2.45) is 0 Å². The van der Waals surface area contributed by atoms with Crippen LogP contribution in [0.5, 0.6) is 5.75 Å². The molecular weight excluding hydrogens is 450 g/mol. The summed E-state index contributed by atoms with van der Waals surface area (Å²) in [6.45, 7) is 5.22. The highest BCUT2D eigenvalue weighted by molar-refractivity contribution is 5.85. The van der Waals surface area contributed by atoms with Crippen molar-refractivity contribution in [1.82, 2.24) is 15.3 Å². The topological polar surface area (TPSA) is 65.0 Å². The molecule has 4 rings (SSSR count). The van der Waals surface area contributed by atoms with E-state index >= 15 is 0 Å². The van der Waals surface area contributed by atoms with Gasteiger partial charge in [-0.05, 0) is 66.3 Å². The maximum Gasteiger partial charge on any atom is 0.243 e. The van der Waals surface area contributed by atoms with Crippen molar-refractivity contribution in [3.05, 3.63) is 77.9 Å². The minimum absolute atomic E-state index is 0.298. The van der Waals surface area contributed by atoms with Crippen LogP contribution in [-0.4, -0.2) is 60.2 Å². The molecule has 6 heteroatoms. The Bertz CT molecular complexity index is 1100. The van der Waals surface area contributed by atoms with E-state index in [0.717, 1.165) is 64.2 Å². The van der Waals surface area contributed by atoms with E-state index in [0.29, 0.717) is 12.5 Å². The van der Waals surface area contributed by atoms with Gasteiger partial charge in [0, 0.05) is 38.6 Å². The van der Waals surface area contributed by atoms with Crippen LogP contribution in [0.2, 0.25) is 0 Å². The molecule has 36 heavy (non-hydrogen) atoms. The van der Waals surface area contributed by atoms with E-state index < -0.39 is 0 Å². The predicted octanol–water partition coefficient (Wildman–Crippen LogP) is 5.03. The molecule has 0 aromatic heterocycles. The number of unbranched alkanes of at least 4 members (excludes halogenated alkanes) is 2. The van der Waals surface area contributed by atoms with Crippen LogP contribution in [0.25, 0.3) is 10.8 Å². The minimum Gasteiger partial charge on any atom is -0.497 e. The van der Waals surface area contributed by atoms with Gasteiger partial charge in [0.1, 0.15) is 5.75 Å². The lowest BCUT2D eigenvalue weighted by Crippen LogP contribution is -2.39. The zero-order chi connectivity index (χ0) is 25.2. The third-order valence-corrected chi connectivity index (χ3v) is 7.35. The summed E-state index contributed by atoms with van der Waals surface area (Å²) in [4.78, 5) is 16.5. The second-order valence-electron chi connectivity index (χ2n) is 9.80. The van der Waals surface area contributed by atoms with Crippen molar-refractivity contribution in [3.63, 3.8) is 0 Å². The van der Waals surface area contributed by atoms with Crippen LogP contribution in [0.3, 0.4) is 0 Å². The third kappa shape index (κ3) is 7.29. The number of likely N-dealkylation sites (tertiary alicyclic amines) is 1. The summed E-state index contributed by atoms with van der Waals surface area (Å²) in [5, 5.41) is 11.4. The molecule has 1 fully saturated rings. The molecule has 0 radical (unpaired) electrons. The van der Waals surface area contributed by atoms with Gasteiger partial charge < -0.3 is 4.74 Å². The van der Waals surface area contributed by atoms with Crippen molar-refractivity contribution in [2.75, 3.05) is 33.3 Å². The van der Waals surface area contributed by atoms with Gasteiger partial charge in [0.15, 0.2) is 0 Å². The van der Waals surface area contributed by atoms with Gasteiger partial charge in [-0.25, -0.2) is 5.48 Å². The van der Waals surface area contributed by atoms with Gasteiger partial charge in [0.2, 0.25) is 5.91 Å². The first kappa shape index (κ1) is 26.1. The smallest absolute Gasteiger partial charge is 0.243 e. The number of hydrogen-bond donors (Lipinski definition) is 2. The van der Waals surface area contributed by atoms with Crippen LogP contribution in [0.15, 0.2) is 66.7 Å². The third-order valence-electron chi connectivity index (χ3n) is 7.35. The largest absolute Gasteiger partial charge is 0.497 e. The van der Waals surface area contributed by atoms with Gasteiger partial charge in [0.25, 0.3) is 0 Å². The number of amides is 1. The van der Waals surface area contributed by atoms with Gasteiger partial charge in [-0.1, -0.05) is 61.0 Å². The lowest BCUT2D eigenvalue weighted by molar-refractivity contribution is -0.129. The molecule has 1 saturated heterocycles. The molecule has 2 N–H and O–H groups in total. The SMILES string of the molecule is COc1ccc(CN2CCC(N(CCCCCC(=O)NO)CCc3cccc4ccccc34)C2)cc1. The fourth-order valence-electron chi connectivity index (χ4n) is 5.33. The summed E-state index contributed by atoms with van der Waals surface area (Å²) in [6, 6.07) is 24.2. The number of nitrogens with zero attached hydrogens (tertiary/aromatic N) is 2. The van der Waals surface area contributed by atoms with Crippen molar-refractivity contribution in [3.8, 4) is 5.75 Å². The predicted molar refractivity (Wildman–Crippen MR) is 144 cm³/mol. The summed E-state index contributed by atoms with van der Waals surface area (Å²) >= 11 is 0. The zero-order valence-corrected chi connectivity index (χ0v) is 21.4. The molecule has 6 nitrogen and oxygen atoms in total. The Hall–Kier alpha value is -2.93. The molecule has 1 unspecified atom stereocenters. The van der Waals surface area contributed by atoms with Crippen LogP contribution in [-0.2, 0) is 17.8 Å². The highest BCUT2D eigenvalue weighted by Crippen LogP contribution is 2.23. The lowest BCUT2D eigenvalue weighted by Gasteiger charge is -2.29. The lowest BCUT2D eigenvalue weighted by atomic mass is 10.0. The molecule has 1 amide bonds. The van der Waals surface area contributed by atoms with E-state index in [2.05, 4.69) is 64.4 Å². The van der Waals surface area contributed by atoms with Crippen LogP contribution in [0.4, 0.5) is 0 Å². The number of ether oxygens (including phenoxy) is 1. The Labute approximate surface area is 214 Å². The molecule has 0 spiro atoms. The van der Waals surface area contributed by atoms with Gasteiger partial charge >= 0.3 is 0 Å². The molecule has 192 valence electrons. The van der Waals surface area contributed by atoms with Crippen LogP contribution >= 0.6 is 0 Å². The Kier molecular flexibility index (Phi) is 9.73. The van der Waals surface area contributed by atoms with E-state index in [-0.39, 0.29) is 5.91 Å². The number of fused-ring (bicyclic) bond motifs is 1. The Balaban J connectivity index is 1.36. The summed E-state index contributed by atoms with van der Waals surface area (Å²) in [6.07, 6.45) is 5.44. The van der Waals surface area contributed by atoms with Crippen LogP contribution < -0.4 is 10.2 Å². The normalized spacial score (nSPS) is 16.0. The maximum atomic E-state index is 11.3. The molecule has 1 aliphatic heterocycles. The molecule has 3 aromatic carbocycles. The summed E-state index contributed by atoms with van der Waals surface area (Å²) in [5.74, 6) is 0.599. The van der Waals surface area contributed by atoms with Crippen molar-refractivity contribution in [1.29, 1.82) is 0 Å². The first-order valence-electron chi connectivity index (χ1n) is 13.1. The standard InChI is InChI=1S/C30H39N3O3/c1-36-28-15-13-24(14-16-28)22-32-20-18-27(23-32)33(19-6-2-3-12-30(34)31-35)21-17-26-10-7-9-25-8-4-5-11-29(25)26/h4-5,7-11,13-16,27,35H,2-3,6,12,17-23H2,1H3,(H,31,34). The monoisotopic (exact) mass is 489 g/mol. The fourth-order valence-corrected chi connectivity index (χ4v) is 5.33. The van der Waals surface area contributed by atoms with E-state index in [9.17, 15) is 4.79 Å². The highest BCUT2D eigenvalue weighted by Gasteiger charge is 2.27. The van der Waals surface area contributed by atoms with Crippen molar-refractivity contribution < 1.29 is 14.7 Å². The molecule has 0 saturated carbocycles. The number of carbonyl (C=O) groups is 1. The van der Waals surface area contributed by atoms with Gasteiger partial charge in [-0.2, -0.15) is 0 Å². The molecule has 1 atom stereocenters. The van der Waals surface area contributed by atoms with Gasteiger partial charge in [-0.15, -0.1) is 0 Å². The van der Waals surface area contributed by atoms with Gasteiger partial charge in [-0.3, -0.25) is 19.8 Å². The number of hydrogen-bond acceptors (Lipinski definition) is 5. The molecule has 0 aliphatic carbocycles. The number of nitrogens with one attached hydrogen (secondary N) is 1. The average molecular weight is 490 g/mol. The fraction of sp³-hybridized carbons (Fsp3) is 0.433. The number of hydroxylamine groups is 1. The second kappa shape index (κ2) is 13.4. The Morgan fingerprint density at radius 3 is 2.64 bits per heavy atom. The van der Waals surface area contributed by atoms with Crippen LogP contribution in [0.1, 0.15) is 43.2 Å². The quantitative estimate of drug-likeness (QED) is 0.200. The summed E-state index contributed by atoms with van der Waals surface area (Å²) < 4.78 is 5.30. The van der Waals surface area contributed by atoms with E-state index in [1.54, 1.807) is 12.6 Å². The molecule has 0 bridgehead atoms. The maximum absolute atomic E-state index is 11.3. The summed E-state index contributed by atoms with van der Waals surface area (Å²) in [5.41, 5.74) is 4.46. The van der Waals surface area contributed by atoms with Crippen LogP contribution in [0, 0.1) is 0 Å². The minimum atomic E-state index is -0.298. The highest BCUT2D eigenvalue weighted by atomic mass is 16.5. The van der Waals surface area contributed by atoms with Crippen molar-refractivity contribution in [2.45, 2.75) is 51.1 Å². The van der Waals surface area contributed by atoms with Gasteiger partial charge in [0.05, 0.1) is 7.11 Å². The molecule has 1 aliphatic rings. The molecule has 3 aromatic rings. The second-order valence-corrected chi connectivity index (χ2v) is 9.80. The number of rotatable bonds is 13. The van der Waals surface area contributed by atoms with E-state index in [1.165, 1.54) is 28.3 Å². The summed E-state index contributed by atoms with van der Waals surface area (Å²) in [7, 11) is 1.70. The number of benzene rings is 3. The van der Waals surface area contributed by atoms with E-state index in [1.807, 2.05) is 12.1 Å². The first-order chi connectivity index (χ1) is 17.7. The Morgan fingerprint density at radius 2 is 1.83 bits per heavy atom.